The molecule has 1 aliphatic rings. The molecule has 2 amide bonds. The van der Waals surface area contributed by atoms with Crippen LogP contribution in [0, 0.1) is 0 Å². The molecule has 6 nitrogen and oxygen atoms in total. The number of carbonyl (C=O) groups excluding carboxylic acids is 2. The fraction of sp³-hybridized carbons (Fsp3) is 0.381. The van der Waals surface area contributed by atoms with Crippen molar-refractivity contribution in [2.24, 2.45) is 5.73 Å². The molecule has 2 heterocycles. The molecular weight excluding hydrogens is 342 g/mol. The Morgan fingerprint density at radius 2 is 2.15 bits per heavy atom. The number of hydrogen-bond acceptors (Lipinski definition) is 4. The number of carbonyl (C=O) groups is 2. The standard InChI is InChI=1S/C21H25N3O3/c1-24(12-4-8-17-9-5-13-27-17)21(26)16-7-2-6-15(14-16)19-18(20(22)25)10-3-11-23-19/h2-3,6-7,10-11,14,17H,4-5,8-9,12-13H2,1H3,(H2,22,25)/t17-/m1/s1. The number of primary amides is 1. The molecule has 0 spiro atoms. The highest BCUT2D eigenvalue weighted by Crippen LogP contribution is 2.23. The molecule has 0 bridgehead atoms. The van der Waals surface area contributed by atoms with Gasteiger partial charge in [-0.2, -0.15) is 0 Å². The Hall–Kier alpha value is -2.73. The third-order valence-electron chi connectivity index (χ3n) is 4.85. The van der Waals surface area contributed by atoms with Crippen molar-refractivity contribution in [3.8, 4) is 11.3 Å². The Morgan fingerprint density at radius 3 is 2.89 bits per heavy atom. The molecule has 142 valence electrons. The third kappa shape index (κ3) is 4.71. The van der Waals surface area contributed by atoms with Gasteiger partial charge in [0.1, 0.15) is 0 Å². The van der Waals surface area contributed by atoms with Crippen LogP contribution < -0.4 is 5.73 Å². The van der Waals surface area contributed by atoms with Crippen LogP contribution in [0.25, 0.3) is 11.3 Å². The van der Waals surface area contributed by atoms with Crippen LogP contribution in [0.15, 0.2) is 42.6 Å². The number of aromatic nitrogens is 1. The average molecular weight is 367 g/mol. The van der Waals surface area contributed by atoms with Gasteiger partial charge in [-0.05, 0) is 49.9 Å². The van der Waals surface area contributed by atoms with Gasteiger partial charge in [0.2, 0.25) is 0 Å². The van der Waals surface area contributed by atoms with Crippen LogP contribution in [-0.2, 0) is 4.74 Å². The molecule has 0 radical (unpaired) electrons. The molecule has 2 N–H and O–H groups in total. The van der Waals surface area contributed by atoms with Crippen LogP contribution >= 0.6 is 0 Å². The highest BCUT2D eigenvalue weighted by Gasteiger charge is 2.18. The quantitative estimate of drug-likeness (QED) is 0.815. The molecule has 1 saturated heterocycles. The summed E-state index contributed by atoms with van der Waals surface area (Å²) in [6.07, 6.45) is 6.09. The zero-order valence-corrected chi connectivity index (χ0v) is 15.6. The smallest absolute Gasteiger partial charge is 0.253 e. The van der Waals surface area contributed by atoms with Crippen molar-refractivity contribution in [1.82, 2.24) is 9.88 Å². The number of pyridine rings is 1. The second-order valence-electron chi connectivity index (χ2n) is 6.85. The predicted octanol–water partition coefficient (Wildman–Crippen LogP) is 2.88. The largest absolute Gasteiger partial charge is 0.378 e. The molecule has 27 heavy (non-hydrogen) atoms. The zero-order chi connectivity index (χ0) is 19.2. The minimum atomic E-state index is -0.541. The lowest BCUT2D eigenvalue weighted by Gasteiger charge is -2.19. The number of nitrogens with two attached hydrogens (primary N) is 1. The highest BCUT2D eigenvalue weighted by molar-refractivity contribution is 6.00. The number of rotatable bonds is 7. The van der Waals surface area contributed by atoms with E-state index >= 15 is 0 Å². The first-order valence-corrected chi connectivity index (χ1v) is 9.28. The summed E-state index contributed by atoms with van der Waals surface area (Å²) in [7, 11) is 1.81. The van der Waals surface area contributed by atoms with Gasteiger partial charge >= 0.3 is 0 Å². The first-order valence-electron chi connectivity index (χ1n) is 9.28. The van der Waals surface area contributed by atoms with E-state index in [0.29, 0.717) is 35.0 Å². The van der Waals surface area contributed by atoms with Crippen LogP contribution in [0.1, 0.15) is 46.4 Å². The van der Waals surface area contributed by atoms with E-state index in [1.54, 1.807) is 48.5 Å². The maximum atomic E-state index is 12.8. The van der Waals surface area contributed by atoms with E-state index in [-0.39, 0.29) is 5.91 Å². The predicted molar refractivity (Wildman–Crippen MR) is 103 cm³/mol. The molecular formula is C21H25N3O3. The van der Waals surface area contributed by atoms with Crippen LogP contribution in [-0.4, -0.2) is 48.0 Å². The number of ether oxygens (including phenoxy) is 1. The lowest BCUT2D eigenvalue weighted by atomic mass is 10.0. The number of nitrogens with zero attached hydrogens (tertiary/aromatic N) is 2. The molecule has 1 atom stereocenters. The number of amides is 2. The maximum Gasteiger partial charge on any atom is 0.253 e. The Kier molecular flexibility index (Phi) is 6.19. The minimum Gasteiger partial charge on any atom is -0.378 e. The fourth-order valence-corrected chi connectivity index (χ4v) is 3.38. The molecule has 3 rings (SSSR count). The van der Waals surface area contributed by atoms with E-state index in [1.165, 1.54) is 0 Å². The highest BCUT2D eigenvalue weighted by atomic mass is 16.5. The summed E-state index contributed by atoms with van der Waals surface area (Å²) in [5, 5.41) is 0. The normalized spacial score (nSPS) is 16.3. The number of benzene rings is 1. The van der Waals surface area contributed by atoms with E-state index in [4.69, 9.17) is 10.5 Å². The second kappa shape index (κ2) is 8.77. The first kappa shape index (κ1) is 19.0. The van der Waals surface area contributed by atoms with Gasteiger partial charge in [-0.15, -0.1) is 0 Å². The Morgan fingerprint density at radius 1 is 1.30 bits per heavy atom. The van der Waals surface area contributed by atoms with E-state index in [9.17, 15) is 9.59 Å². The monoisotopic (exact) mass is 367 g/mol. The van der Waals surface area contributed by atoms with Crippen molar-refractivity contribution in [2.45, 2.75) is 31.8 Å². The van der Waals surface area contributed by atoms with Crippen molar-refractivity contribution in [3.63, 3.8) is 0 Å². The van der Waals surface area contributed by atoms with Crippen molar-refractivity contribution in [1.29, 1.82) is 0 Å². The fourth-order valence-electron chi connectivity index (χ4n) is 3.38. The lowest BCUT2D eigenvalue weighted by molar-refractivity contribution is 0.0763. The third-order valence-corrected chi connectivity index (χ3v) is 4.85. The van der Waals surface area contributed by atoms with Gasteiger partial charge in [-0.1, -0.05) is 12.1 Å². The second-order valence-corrected chi connectivity index (χ2v) is 6.85. The molecule has 1 aromatic carbocycles. The van der Waals surface area contributed by atoms with Crippen molar-refractivity contribution in [2.75, 3.05) is 20.2 Å². The summed E-state index contributed by atoms with van der Waals surface area (Å²) >= 11 is 0. The molecule has 0 unspecified atom stereocenters. The van der Waals surface area contributed by atoms with Crippen LogP contribution in [0.3, 0.4) is 0 Å². The van der Waals surface area contributed by atoms with Crippen molar-refractivity contribution >= 4 is 11.8 Å². The van der Waals surface area contributed by atoms with Crippen molar-refractivity contribution < 1.29 is 14.3 Å². The van der Waals surface area contributed by atoms with Gasteiger partial charge in [0.05, 0.1) is 17.4 Å². The summed E-state index contributed by atoms with van der Waals surface area (Å²) in [6, 6.07) is 10.4. The minimum absolute atomic E-state index is 0.0549. The van der Waals surface area contributed by atoms with Crippen LogP contribution in [0.5, 0.6) is 0 Å². The van der Waals surface area contributed by atoms with Crippen LogP contribution in [0.4, 0.5) is 0 Å². The zero-order valence-electron chi connectivity index (χ0n) is 15.6. The summed E-state index contributed by atoms with van der Waals surface area (Å²) in [6.45, 7) is 1.53. The van der Waals surface area contributed by atoms with Gasteiger partial charge in [0, 0.05) is 37.5 Å². The SMILES string of the molecule is CN(CCC[C@@H]1CCCO1)C(=O)c1cccc(-c2ncccc2C(N)=O)c1. The lowest BCUT2D eigenvalue weighted by Crippen LogP contribution is -2.28. The topological polar surface area (TPSA) is 85.5 Å². The summed E-state index contributed by atoms with van der Waals surface area (Å²) in [5.74, 6) is -0.596. The van der Waals surface area contributed by atoms with Gasteiger partial charge in [0.15, 0.2) is 0 Å². The molecule has 0 aliphatic carbocycles. The number of hydrogen-bond donors (Lipinski definition) is 1. The maximum absolute atomic E-state index is 12.8. The summed E-state index contributed by atoms with van der Waals surface area (Å²) < 4.78 is 5.63. The van der Waals surface area contributed by atoms with Gasteiger partial charge in [-0.25, -0.2) is 0 Å². The Labute approximate surface area is 159 Å². The Balaban J connectivity index is 1.69. The van der Waals surface area contributed by atoms with Gasteiger partial charge < -0.3 is 15.4 Å². The van der Waals surface area contributed by atoms with Crippen molar-refractivity contribution in [3.05, 3.63) is 53.7 Å². The molecule has 0 saturated carbocycles. The molecule has 2 aromatic rings. The molecule has 1 aromatic heterocycles. The van der Waals surface area contributed by atoms with Gasteiger partial charge in [0.25, 0.3) is 11.8 Å². The average Bonchev–Trinajstić information content (AvgIpc) is 3.21. The molecule has 1 aliphatic heterocycles. The van der Waals surface area contributed by atoms with E-state index < -0.39 is 5.91 Å². The van der Waals surface area contributed by atoms with E-state index in [0.717, 1.165) is 32.3 Å². The van der Waals surface area contributed by atoms with Gasteiger partial charge in [-0.3, -0.25) is 14.6 Å². The van der Waals surface area contributed by atoms with E-state index in [2.05, 4.69) is 4.98 Å². The Bertz CT molecular complexity index is 816. The molecule has 1 fully saturated rings. The van der Waals surface area contributed by atoms with Crippen LogP contribution in [0.2, 0.25) is 0 Å². The summed E-state index contributed by atoms with van der Waals surface area (Å²) in [4.78, 5) is 30.4. The first-order chi connectivity index (χ1) is 13.1. The molecule has 6 heteroatoms. The van der Waals surface area contributed by atoms with E-state index in [1.807, 2.05) is 6.07 Å². The summed E-state index contributed by atoms with van der Waals surface area (Å²) in [5.41, 5.74) is 7.53.